The zero-order chi connectivity index (χ0) is 7.84. The fourth-order valence-electron chi connectivity index (χ4n) is 0.971. The maximum Gasteiger partial charge on any atom is 0.805 e. The fourth-order valence-corrected chi connectivity index (χ4v) is 1.73. The summed E-state index contributed by atoms with van der Waals surface area (Å²) >= 11 is 0. The highest BCUT2D eigenvalue weighted by molar-refractivity contribution is 7.34. The predicted molar refractivity (Wildman–Crippen MR) is 40.0 cm³/mol. The molecule has 0 amide bonds. The summed E-state index contributed by atoms with van der Waals surface area (Å²) in [4.78, 5) is 0. The van der Waals surface area contributed by atoms with E-state index in [0.717, 1.165) is 5.56 Å². The molecular formula is C7H6O3P+. The molecule has 1 aliphatic rings. The van der Waals surface area contributed by atoms with Gasteiger partial charge in [-0.1, -0.05) is 6.07 Å². The maximum absolute atomic E-state index is 10.8. The van der Waals surface area contributed by atoms with E-state index in [0.29, 0.717) is 11.5 Å². The third kappa shape index (κ3) is 0.976. The Hall–Kier alpha value is -1.08. The molecule has 0 aliphatic carbocycles. The predicted octanol–water partition coefficient (Wildman–Crippen LogP) is 2.42. The van der Waals surface area contributed by atoms with E-state index in [2.05, 4.69) is 0 Å². The molecule has 0 spiro atoms. The number of benzene rings is 1. The first-order chi connectivity index (χ1) is 5.27. The number of hydrogen-bond donors (Lipinski definition) is 0. The Morgan fingerprint density at radius 2 is 1.82 bits per heavy atom. The van der Waals surface area contributed by atoms with Crippen molar-refractivity contribution in [3.63, 3.8) is 0 Å². The van der Waals surface area contributed by atoms with Crippen molar-refractivity contribution >= 4 is 8.25 Å². The molecule has 1 aliphatic heterocycles. The van der Waals surface area contributed by atoms with Crippen LogP contribution in [0.3, 0.4) is 0 Å². The molecule has 0 fully saturated rings. The zero-order valence-electron chi connectivity index (χ0n) is 5.90. The van der Waals surface area contributed by atoms with Gasteiger partial charge in [-0.15, -0.1) is 0 Å². The summed E-state index contributed by atoms with van der Waals surface area (Å²) in [5.74, 6) is 1.30. The number of fused-ring (bicyclic) bond motifs is 2. The van der Waals surface area contributed by atoms with Crippen LogP contribution in [-0.4, -0.2) is 0 Å². The maximum atomic E-state index is 10.8. The van der Waals surface area contributed by atoms with Gasteiger partial charge in [-0.25, -0.2) is 9.05 Å². The van der Waals surface area contributed by atoms with Crippen LogP contribution in [0.25, 0.3) is 0 Å². The van der Waals surface area contributed by atoms with Gasteiger partial charge in [0.25, 0.3) is 0 Å². The molecule has 1 aromatic rings. The van der Waals surface area contributed by atoms with E-state index in [9.17, 15) is 4.57 Å². The topological polar surface area (TPSA) is 35.5 Å². The largest absolute Gasteiger partial charge is 0.805 e. The molecule has 3 nitrogen and oxygen atoms in total. The number of hydrogen-bond acceptors (Lipinski definition) is 3. The van der Waals surface area contributed by atoms with Crippen molar-refractivity contribution in [3.05, 3.63) is 23.8 Å². The zero-order valence-corrected chi connectivity index (χ0v) is 6.80. The molecule has 0 N–H and O–H groups in total. The number of rotatable bonds is 0. The van der Waals surface area contributed by atoms with Gasteiger partial charge in [0.2, 0.25) is 0 Å². The van der Waals surface area contributed by atoms with Gasteiger partial charge in [0, 0.05) is 10.1 Å². The lowest BCUT2D eigenvalue weighted by Gasteiger charge is -2.05. The minimum absolute atomic E-state index is 0.648. The highest BCUT2D eigenvalue weighted by Gasteiger charge is 2.32. The van der Waals surface area contributed by atoms with E-state index in [1.54, 1.807) is 18.2 Å². The molecule has 0 unspecified atom stereocenters. The fraction of sp³-hybridized carbons (Fsp3) is 0.143. The van der Waals surface area contributed by atoms with Gasteiger partial charge in [0.1, 0.15) is 0 Å². The molecule has 56 valence electrons. The first-order valence-electron chi connectivity index (χ1n) is 3.20. The Labute approximate surface area is 64.9 Å². The molecule has 4 heteroatoms. The van der Waals surface area contributed by atoms with Gasteiger partial charge < -0.3 is 0 Å². The summed E-state index contributed by atoms with van der Waals surface area (Å²) in [5.41, 5.74) is 0.905. The summed E-state index contributed by atoms with van der Waals surface area (Å²) in [7, 11) is -1.98. The first kappa shape index (κ1) is 6.62. The average molecular weight is 169 g/mol. The van der Waals surface area contributed by atoms with Crippen LogP contribution in [0.5, 0.6) is 11.5 Å². The molecule has 1 aromatic carbocycles. The molecule has 0 aromatic heterocycles. The summed E-state index contributed by atoms with van der Waals surface area (Å²) < 4.78 is 20.6. The monoisotopic (exact) mass is 169 g/mol. The second kappa shape index (κ2) is 2.21. The van der Waals surface area contributed by atoms with E-state index >= 15 is 0 Å². The van der Waals surface area contributed by atoms with Crippen LogP contribution in [0.15, 0.2) is 18.2 Å². The van der Waals surface area contributed by atoms with Crippen LogP contribution >= 0.6 is 8.25 Å². The summed E-state index contributed by atoms with van der Waals surface area (Å²) in [6.45, 7) is 1.87. The van der Waals surface area contributed by atoms with E-state index in [1.807, 2.05) is 6.92 Å². The van der Waals surface area contributed by atoms with Gasteiger partial charge in [-0.3, -0.25) is 0 Å². The van der Waals surface area contributed by atoms with E-state index in [4.69, 9.17) is 9.05 Å². The Balaban J connectivity index is 2.60. The van der Waals surface area contributed by atoms with Crippen molar-refractivity contribution in [2.24, 2.45) is 0 Å². The second-order valence-corrected chi connectivity index (χ2v) is 3.10. The van der Waals surface area contributed by atoms with Crippen LogP contribution in [-0.2, 0) is 4.57 Å². The molecule has 2 rings (SSSR count). The van der Waals surface area contributed by atoms with Gasteiger partial charge in [-0.05, 0) is 19.1 Å². The van der Waals surface area contributed by atoms with Crippen molar-refractivity contribution in [1.82, 2.24) is 0 Å². The van der Waals surface area contributed by atoms with E-state index < -0.39 is 8.25 Å². The van der Waals surface area contributed by atoms with Crippen molar-refractivity contribution in [3.8, 4) is 11.5 Å². The molecule has 0 atom stereocenters. The third-order valence-electron chi connectivity index (χ3n) is 1.58. The summed E-state index contributed by atoms with van der Waals surface area (Å²) in [6, 6.07) is 5.35. The van der Waals surface area contributed by atoms with Crippen LogP contribution in [0.4, 0.5) is 0 Å². The third-order valence-corrected chi connectivity index (χ3v) is 2.27. The van der Waals surface area contributed by atoms with Gasteiger partial charge in [-0.2, -0.15) is 0 Å². The summed E-state index contributed by atoms with van der Waals surface area (Å²) in [6.07, 6.45) is 0. The van der Waals surface area contributed by atoms with E-state index in [1.165, 1.54) is 0 Å². The lowest BCUT2D eigenvalue weighted by Crippen LogP contribution is -1.98. The molecular weight excluding hydrogens is 163 g/mol. The highest BCUT2D eigenvalue weighted by Crippen LogP contribution is 2.42. The van der Waals surface area contributed by atoms with Crippen LogP contribution in [0.1, 0.15) is 5.56 Å². The Kier molecular flexibility index (Phi) is 1.33. The van der Waals surface area contributed by atoms with Crippen LogP contribution in [0.2, 0.25) is 0 Å². The molecule has 0 radical (unpaired) electrons. The quantitative estimate of drug-likeness (QED) is 0.559. The summed E-state index contributed by atoms with van der Waals surface area (Å²) in [5, 5.41) is 0. The Morgan fingerprint density at radius 3 is 2.36 bits per heavy atom. The smallest absolute Gasteiger partial charge is 0.222 e. The lowest BCUT2D eigenvalue weighted by atomic mass is 10.2. The van der Waals surface area contributed by atoms with Crippen LogP contribution < -0.4 is 9.05 Å². The second-order valence-electron chi connectivity index (χ2n) is 2.29. The van der Waals surface area contributed by atoms with E-state index in [-0.39, 0.29) is 0 Å². The molecule has 2 bridgehead atoms. The lowest BCUT2D eigenvalue weighted by molar-refractivity contribution is 0.396. The van der Waals surface area contributed by atoms with Gasteiger partial charge in [0.05, 0.1) is 0 Å². The SMILES string of the molecule is Cc1c2cccc1O[P+](=O)O2. The Morgan fingerprint density at radius 1 is 1.27 bits per heavy atom. The van der Waals surface area contributed by atoms with Crippen molar-refractivity contribution in [2.45, 2.75) is 6.92 Å². The van der Waals surface area contributed by atoms with Crippen molar-refractivity contribution < 1.29 is 13.6 Å². The first-order valence-corrected chi connectivity index (χ1v) is 4.30. The minimum Gasteiger partial charge on any atom is -0.222 e. The molecule has 11 heavy (non-hydrogen) atoms. The minimum atomic E-state index is -1.98. The van der Waals surface area contributed by atoms with Crippen molar-refractivity contribution in [1.29, 1.82) is 0 Å². The van der Waals surface area contributed by atoms with Crippen molar-refractivity contribution in [2.75, 3.05) is 0 Å². The van der Waals surface area contributed by atoms with Gasteiger partial charge in [0.15, 0.2) is 11.5 Å². The normalized spacial score (nSPS) is 13.7. The van der Waals surface area contributed by atoms with Crippen LogP contribution in [0, 0.1) is 6.92 Å². The molecule has 0 saturated heterocycles. The molecule has 0 saturated carbocycles. The van der Waals surface area contributed by atoms with Gasteiger partial charge >= 0.3 is 8.25 Å². The Bertz CT molecular complexity index is 295. The highest BCUT2D eigenvalue weighted by atomic mass is 31.1. The molecule has 1 heterocycles. The standard InChI is InChI=1S/C7H6O3P/c1-5-6-3-2-4-7(5)10-11(8)9-6/h2-4H,1H3/q+1. The average Bonchev–Trinajstić information content (AvgIpc) is 1.92.